The lowest BCUT2D eigenvalue weighted by molar-refractivity contribution is 0.0755. The first-order chi connectivity index (χ1) is 18.9. The van der Waals surface area contributed by atoms with Crippen molar-refractivity contribution in [3.63, 3.8) is 0 Å². The van der Waals surface area contributed by atoms with Crippen LogP contribution in [0, 0.1) is 0 Å². The molecule has 3 rings (SSSR count). The van der Waals surface area contributed by atoms with Crippen LogP contribution < -0.4 is 15.4 Å². The van der Waals surface area contributed by atoms with Gasteiger partial charge in [0.15, 0.2) is 0 Å². The predicted molar refractivity (Wildman–Crippen MR) is 155 cm³/mol. The molecule has 0 aliphatic carbocycles. The maximum atomic E-state index is 13.3. The summed E-state index contributed by atoms with van der Waals surface area (Å²) in [7, 11) is 1.63. The van der Waals surface area contributed by atoms with E-state index in [1.807, 2.05) is 73.3 Å². The molecule has 0 radical (unpaired) electrons. The van der Waals surface area contributed by atoms with E-state index in [-0.39, 0.29) is 11.8 Å². The molecule has 7 nitrogen and oxygen atoms in total. The lowest BCUT2D eigenvalue weighted by Gasteiger charge is -2.25. The van der Waals surface area contributed by atoms with Crippen LogP contribution in [-0.2, 0) is 13.0 Å². The van der Waals surface area contributed by atoms with Crippen molar-refractivity contribution < 1.29 is 19.4 Å². The second kappa shape index (κ2) is 15.7. The standard InChI is InChI=1S/C32H41N3O4/c1-4-18-35(19-5-2)32(38)27-13-9-12-26(21-27)31(37)34-29(20-24-10-7-6-8-11-24)30(36)23-33-22-25-14-16-28(39-3)17-15-25/h6-17,21,29-30,33,36H,4-5,18-20,22-23H2,1-3H3,(H,34,37)/t29-,30+/m0/s1. The van der Waals surface area contributed by atoms with Crippen LogP contribution in [0.5, 0.6) is 5.75 Å². The molecule has 39 heavy (non-hydrogen) atoms. The number of ether oxygens (including phenoxy) is 1. The van der Waals surface area contributed by atoms with Gasteiger partial charge in [0.1, 0.15) is 5.75 Å². The van der Waals surface area contributed by atoms with Gasteiger partial charge in [0.2, 0.25) is 0 Å². The average molecular weight is 532 g/mol. The molecule has 3 aromatic carbocycles. The minimum Gasteiger partial charge on any atom is -0.497 e. The molecule has 0 aromatic heterocycles. The SMILES string of the molecule is CCCN(CCC)C(=O)c1cccc(C(=O)N[C@@H](Cc2ccccc2)[C@H](O)CNCc2ccc(OC)cc2)c1. The predicted octanol–water partition coefficient (Wildman–Crippen LogP) is 4.45. The molecule has 2 amide bonds. The van der Waals surface area contributed by atoms with E-state index in [4.69, 9.17) is 4.74 Å². The third-order valence-corrected chi connectivity index (χ3v) is 6.57. The molecule has 3 N–H and O–H groups in total. The molecule has 0 fully saturated rings. The van der Waals surface area contributed by atoms with Gasteiger partial charge in [0, 0.05) is 37.3 Å². The van der Waals surface area contributed by atoms with Gasteiger partial charge in [-0.2, -0.15) is 0 Å². The number of hydrogen-bond acceptors (Lipinski definition) is 5. The highest BCUT2D eigenvalue weighted by Gasteiger charge is 2.23. The smallest absolute Gasteiger partial charge is 0.253 e. The van der Waals surface area contributed by atoms with Gasteiger partial charge in [-0.25, -0.2) is 0 Å². The van der Waals surface area contributed by atoms with Crippen LogP contribution in [0.15, 0.2) is 78.9 Å². The monoisotopic (exact) mass is 531 g/mol. The van der Waals surface area contributed by atoms with Crippen LogP contribution in [0.2, 0.25) is 0 Å². The quantitative estimate of drug-likeness (QED) is 0.270. The van der Waals surface area contributed by atoms with Crippen molar-refractivity contribution in [2.24, 2.45) is 0 Å². The van der Waals surface area contributed by atoms with Gasteiger partial charge in [-0.15, -0.1) is 0 Å². The summed E-state index contributed by atoms with van der Waals surface area (Å²) in [6.07, 6.45) is 1.38. The fraction of sp³-hybridized carbons (Fsp3) is 0.375. The molecule has 3 aromatic rings. The largest absolute Gasteiger partial charge is 0.497 e. The zero-order chi connectivity index (χ0) is 28.0. The van der Waals surface area contributed by atoms with Crippen molar-refractivity contribution in [2.75, 3.05) is 26.7 Å². The zero-order valence-electron chi connectivity index (χ0n) is 23.2. The van der Waals surface area contributed by atoms with E-state index >= 15 is 0 Å². The Balaban J connectivity index is 1.70. The fourth-order valence-electron chi connectivity index (χ4n) is 4.48. The van der Waals surface area contributed by atoms with Crippen molar-refractivity contribution >= 4 is 11.8 Å². The molecule has 0 heterocycles. The van der Waals surface area contributed by atoms with Crippen LogP contribution in [0.1, 0.15) is 58.5 Å². The summed E-state index contributed by atoms with van der Waals surface area (Å²) >= 11 is 0. The number of carbonyl (C=O) groups is 2. The second-order valence-electron chi connectivity index (χ2n) is 9.69. The topological polar surface area (TPSA) is 90.9 Å². The van der Waals surface area contributed by atoms with Crippen molar-refractivity contribution in [3.8, 4) is 5.75 Å². The molecular weight excluding hydrogens is 490 g/mol. The summed E-state index contributed by atoms with van der Waals surface area (Å²) in [4.78, 5) is 28.2. The van der Waals surface area contributed by atoms with E-state index < -0.39 is 12.1 Å². The van der Waals surface area contributed by atoms with Gasteiger partial charge in [-0.05, 0) is 60.7 Å². The number of aliphatic hydroxyl groups excluding tert-OH is 1. The van der Waals surface area contributed by atoms with Crippen LogP contribution >= 0.6 is 0 Å². The van der Waals surface area contributed by atoms with Crippen LogP contribution in [0.3, 0.4) is 0 Å². The third kappa shape index (κ3) is 9.23. The number of amides is 2. The summed E-state index contributed by atoms with van der Waals surface area (Å²) in [5, 5.41) is 17.4. The Bertz CT molecular complexity index is 1160. The van der Waals surface area contributed by atoms with Gasteiger partial charge in [0.25, 0.3) is 11.8 Å². The van der Waals surface area contributed by atoms with Gasteiger partial charge in [-0.1, -0.05) is 62.4 Å². The highest BCUT2D eigenvalue weighted by molar-refractivity contribution is 5.99. The number of hydrogen-bond donors (Lipinski definition) is 3. The molecule has 0 aliphatic rings. The lowest BCUT2D eigenvalue weighted by atomic mass is 10.00. The number of methoxy groups -OCH3 is 1. The number of benzene rings is 3. The Morgan fingerprint density at radius 3 is 2.18 bits per heavy atom. The highest BCUT2D eigenvalue weighted by atomic mass is 16.5. The summed E-state index contributed by atoms with van der Waals surface area (Å²) in [6, 6.07) is 23.8. The second-order valence-corrected chi connectivity index (χ2v) is 9.69. The molecule has 0 saturated carbocycles. The van der Waals surface area contributed by atoms with E-state index in [1.165, 1.54) is 0 Å². The van der Waals surface area contributed by atoms with Crippen LogP contribution in [0.25, 0.3) is 0 Å². The summed E-state index contributed by atoms with van der Waals surface area (Å²) < 4.78 is 5.21. The van der Waals surface area contributed by atoms with E-state index in [9.17, 15) is 14.7 Å². The Morgan fingerprint density at radius 1 is 0.872 bits per heavy atom. The zero-order valence-corrected chi connectivity index (χ0v) is 23.2. The van der Waals surface area contributed by atoms with Crippen molar-refractivity contribution in [3.05, 3.63) is 101 Å². The Kier molecular flexibility index (Phi) is 12.0. The molecular formula is C32H41N3O4. The highest BCUT2D eigenvalue weighted by Crippen LogP contribution is 2.13. The van der Waals surface area contributed by atoms with Gasteiger partial charge < -0.3 is 25.4 Å². The molecule has 2 atom stereocenters. The van der Waals surface area contributed by atoms with E-state index in [0.717, 1.165) is 29.7 Å². The molecule has 208 valence electrons. The van der Waals surface area contributed by atoms with Gasteiger partial charge in [0.05, 0.1) is 19.3 Å². The molecule has 0 spiro atoms. The number of aliphatic hydroxyl groups is 1. The summed E-state index contributed by atoms with van der Waals surface area (Å²) in [6.45, 7) is 6.32. The normalized spacial score (nSPS) is 12.4. The minimum absolute atomic E-state index is 0.0723. The maximum Gasteiger partial charge on any atom is 0.253 e. The van der Waals surface area contributed by atoms with Crippen LogP contribution in [-0.4, -0.2) is 60.7 Å². The Morgan fingerprint density at radius 2 is 1.54 bits per heavy atom. The first kappa shape index (κ1) is 29.9. The molecule has 0 saturated heterocycles. The van der Waals surface area contributed by atoms with Gasteiger partial charge in [-0.3, -0.25) is 9.59 Å². The molecule has 0 unspecified atom stereocenters. The first-order valence-electron chi connectivity index (χ1n) is 13.7. The first-order valence-corrected chi connectivity index (χ1v) is 13.7. The molecule has 0 aliphatic heterocycles. The number of rotatable bonds is 15. The number of carbonyl (C=O) groups excluding carboxylic acids is 2. The Labute approximate surface area is 232 Å². The lowest BCUT2D eigenvalue weighted by Crippen LogP contribution is -2.48. The van der Waals surface area contributed by atoms with Crippen molar-refractivity contribution in [1.29, 1.82) is 0 Å². The Hall–Kier alpha value is -3.68. The fourth-order valence-corrected chi connectivity index (χ4v) is 4.48. The van der Waals surface area contributed by atoms with Crippen LogP contribution in [0.4, 0.5) is 0 Å². The number of nitrogens with zero attached hydrogens (tertiary/aromatic N) is 1. The maximum absolute atomic E-state index is 13.3. The van der Waals surface area contributed by atoms with E-state index in [2.05, 4.69) is 10.6 Å². The average Bonchev–Trinajstić information content (AvgIpc) is 2.97. The van der Waals surface area contributed by atoms with Crippen molar-refractivity contribution in [1.82, 2.24) is 15.5 Å². The summed E-state index contributed by atoms with van der Waals surface area (Å²) in [5.74, 6) is 0.396. The van der Waals surface area contributed by atoms with E-state index in [0.29, 0.717) is 43.7 Å². The summed E-state index contributed by atoms with van der Waals surface area (Å²) in [5.41, 5.74) is 2.96. The van der Waals surface area contributed by atoms with E-state index in [1.54, 1.807) is 31.4 Å². The van der Waals surface area contributed by atoms with Gasteiger partial charge >= 0.3 is 0 Å². The van der Waals surface area contributed by atoms with Crippen molar-refractivity contribution in [2.45, 2.75) is 51.8 Å². The molecule has 0 bridgehead atoms. The third-order valence-electron chi connectivity index (χ3n) is 6.57. The minimum atomic E-state index is -0.832. The number of nitrogens with one attached hydrogen (secondary N) is 2. The molecule has 7 heteroatoms.